The van der Waals surface area contributed by atoms with Crippen LogP contribution in [-0.2, 0) is 11.2 Å². The summed E-state index contributed by atoms with van der Waals surface area (Å²) < 4.78 is 5.55. The molecule has 0 radical (unpaired) electrons. The van der Waals surface area contributed by atoms with Gasteiger partial charge in [0.15, 0.2) is 5.78 Å². The molecule has 27 heavy (non-hydrogen) atoms. The van der Waals surface area contributed by atoms with E-state index in [1.165, 1.54) is 0 Å². The molecule has 0 aliphatic heterocycles. The summed E-state index contributed by atoms with van der Waals surface area (Å²) >= 11 is 12.8. The number of ether oxygens (including phenoxy) is 1. The minimum atomic E-state index is 0.0295. The van der Waals surface area contributed by atoms with E-state index < -0.39 is 0 Å². The van der Waals surface area contributed by atoms with Crippen LogP contribution in [0, 0.1) is 0 Å². The van der Waals surface area contributed by atoms with Gasteiger partial charge in [0.05, 0.1) is 0 Å². The normalized spacial score (nSPS) is 11.0. The van der Waals surface area contributed by atoms with Crippen molar-refractivity contribution < 1.29 is 14.6 Å². The Balaban J connectivity index is 2.13. The molecule has 0 unspecified atom stereocenters. The fourth-order valence-electron chi connectivity index (χ4n) is 2.82. The largest absolute Gasteiger partial charge is 0.508 e. The number of phenolic OH excluding ortho intramolecular Hbond substituents is 1. The zero-order valence-electron chi connectivity index (χ0n) is 16.0. The number of hydrogen-bond donors (Lipinski definition) is 1. The standard InChI is InChI=1S/C22H26Cl2O3/c1-4-5-6-16(25)13-27-17-11-20(23)19(21(24)12-17)10-15-7-8-22(26)18(9-15)14(2)3/h7-9,11-12,14,26H,4-6,10,13H2,1-3H3. The van der Waals surface area contributed by atoms with Crippen molar-refractivity contribution in [2.75, 3.05) is 6.61 Å². The number of benzene rings is 2. The van der Waals surface area contributed by atoms with E-state index in [9.17, 15) is 9.90 Å². The van der Waals surface area contributed by atoms with Crippen molar-refractivity contribution in [1.82, 2.24) is 0 Å². The van der Waals surface area contributed by atoms with Gasteiger partial charge in [0.2, 0.25) is 0 Å². The van der Waals surface area contributed by atoms with Gasteiger partial charge in [-0.1, -0.05) is 62.5 Å². The van der Waals surface area contributed by atoms with Crippen molar-refractivity contribution in [3.8, 4) is 11.5 Å². The molecule has 0 aromatic heterocycles. The minimum Gasteiger partial charge on any atom is -0.508 e. The average molecular weight is 409 g/mol. The maximum absolute atomic E-state index is 11.8. The number of Topliss-reactive ketones (excluding diaryl/α,β-unsaturated/α-hetero) is 1. The number of ketones is 1. The van der Waals surface area contributed by atoms with E-state index in [2.05, 4.69) is 0 Å². The summed E-state index contributed by atoms with van der Waals surface area (Å²) in [6, 6.07) is 8.93. The van der Waals surface area contributed by atoms with E-state index in [0.29, 0.717) is 34.4 Å². The van der Waals surface area contributed by atoms with Crippen molar-refractivity contribution in [1.29, 1.82) is 0 Å². The Kier molecular flexibility index (Phi) is 8.00. The molecule has 0 atom stereocenters. The Morgan fingerprint density at radius 2 is 1.81 bits per heavy atom. The third-order valence-corrected chi connectivity index (χ3v) is 5.09. The molecule has 0 fully saturated rings. The summed E-state index contributed by atoms with van der Waals surface area (Å²) in [6.45, 7) is 6.14. The lowest BCUT2D eigenvalue weighted by Crippen LogP contribution is -2.11. The van der Waals surface area contributed by atoms with Crippen LogP contribution in [0.25, 0.3) is 0 Å². The molecule has 0 aliphatic rings. The van der Waals surface area contributed by atoms with Crippen LogP contribution in [0.5, 0.6) is 11.5 Å². The first-order valence-corrected chi connectivity index (χ1v) is 10.0. The number of hydrogen-bond acceptors (Lipinski definition) is 3. The predicted molar refractivity (Wildman–Crippen MR) is 111 cm³/mol. The van der Waals surface area contributed by atoms with Crippen LogP contribution < -0.4 is 4.74 Å². The molecule has 1 N–H and O–H groups in total. The fourth-order valence-corrected chi connectivity index (χ4v) is 3.42. The van der Waals surface area contributed by atoms with Gasteiger partial charge in [-0.2, -0.15) is 0 Å². The van der Waals surface area contributed by atoms with Crippen molar-refractivity contribution >= 4 is 29.0 Å². The number of aromatic hydroxyl groups is 1. The van der Waals surface area contributed by atoms with E-state index in [4.69, 9.17) is 27.9 Å². The van der Waals surface area contributed by atoms with Crippen LogP contribution in [0.4, 0.5) is 0 Å². The molecule has 0 aliphatic carbocycles. The zero-order chi connectivity index (χ0) is 20.0. The number of halogens is 2. The quantitative estimate of drug-likeness (QED) is 0.511. The number of unbranched alkanes of at least 4 members (excludes halogenated alkanes) is 1. The zero-order valence-corrected chi connectivity index (χ0v) is 17.5. The van der Waals surface area contributed by atoms with E-state index in [-0.39, 0.29) is 18.3 Å². The molecule has 0 heterocycles. The van der Waals surface area contributed by atoms with Crippen LogP contribution in [0.3, 0.4) is 0 Å². The maximum atomic E-state index is 11.8. The molecular formula is C22H26Cl2O3. The second-order valence-corrected chi connectivity index (χ2v) is 7.84. The maximum Gasteiger partial charge on any atom is 0.170 e. The smallest absolute Gasteiger partial charge is 0.170 e. The third-order valence-electron chi connectivity index (χ3n) is 4.42. The Labute approximate surface area is 171 Å². The second-order valence-electron chi connectivity index (χ2n) is 7.02. The van der Waals surface area contributed by atoms with Gasteiger partial charge in [-0.25, -0.2) is 0 Å². The first-order valence-electron chi connectivity index (χ1n) is 9.26. The van der Waals surface area contributed by atoms with Gasteiger partial charge in [0.1, 0.15) is 18.1 Å². The number of phenols is 1. The highest BCUT2D eigenvalue weighted by Crippen LogP contribution is 2.34. The highest BCUT2D eigenvalue weighted by molar-refractivity contribution is 6.36. The highest BCUT2D eigenvalue weighted by Gasteiger charge is 2.13. The molecule has 0 bridgehead atoms. The molecule has 0 amide bonds. The van der Waals surface area contributed by atoms with Gasteiger partial charge in [0.25, 0.3) is 0 Å². The Morgan fingerprint density at radius 3 is 2.41 bits per heavy atom. The average Bonchev–Trinajstić information content (AvgIpc) is 2.62. The SMILES string of the molecule is CCCCC(=O)COc1cc(Cl)c(Cc2ccc(O)c(C(C)C)c2)c(Cl)c1. The lowest BCUT2D eigenvalue weighted by atomic mass is 9.96. The summed E-state index contributed by atoms with van der Waals surface area (Å²) in [7, 11) is 0. The number of carbonyl (C=O) groups excluding carboxylic acids is 1. The van der Waals surface area contributed by atoms with Crippen LogP contribution in [0.15, 0.2) is 30.3 Å². The van der Waals surface area contributed by atoms with Gasteiger partial charge in [-0.15, -0.1) is 0 Å². The summed E-state index contributed by atoms with van der Waals surface area (Å²) in [5, 5.41) is 11.0. The molecule has 3 nitrogen and oxygen atoms in total. The molecule has 0 saturated carbocycles. The van der Waals surface area contributed by atoms with Crippen LogP contribution in [0.2, 0.25) is 10.0 Å². The second kappa shape index (κ2) is 10.0. The summed E-state index contributed by atoms with van der Waals surface area (Å²) in [6.07, 6.45) is 2.92. The molecule has 2 aromatic rings. The fraction of sp³-hybridized carbons (Fsp3) is 0.409. The number of carbonyl (C=O) groups is 1. The van der Waals surface area contributed by atoms with Crippen LogP contribution in [-0.4, -0.2) is 17.5 Å². The van der Waals surface area contributed by atoms with Gasteiger partial charge < -0.3 is 9.84 Å². The topological polar surface area (TPSA) is 46.5 Å². The minimum absolute atomic E-state index is 0.0295. The number of rotatable bonds is 9. The van der Waals surface area contributed by atoms with Gasteiger partial charge in [-0.05, 0) is 47.2 Å². The van der Waals surface area contributed by atoms with E-state index >= 15 is 0 Å². The Morgan fingerprint density at radius 1 is 1.15 bits per heavy atom. The third kappa shape index (κ3) is 6.15. The first kappa shape index (κ1) is 21.6. The lowest BCUT2D eigenvalue weighted by Gasteiger charge is -2.14. The highest BCUT2D eigenvalue weighted by atomic mass is 35.5. The molecule has 2 rings (SSSR count). The molecule has 2 aromatic carbocycles. The first-order chi connectivity index (χ1) is 12.8. The van der Waals surface area contributed by atoms with Crippen LogP contribution >= 0.6 is 23.2 Å². The van der Waals surface area contributed by atoms with Crippen molar-refractivity contribution in [3.05, 3.63) is 57.1 Å². The Bertz CT molecular complexity index is 777. The van der Waals surface area contributed by atoms with Crippen molar-refractivity contribution in [3.63, 3.8) is 0 Å². The van der Waals surface area contributed by atoms with Gasteiger partial charge >= 0.3 is 0 Å². The Hall–Kier alpha value is -1.71. The summed E-state index contributed by atoms with van der Waals surface area (Å²) in [5.41, 5.74) is 2.71. The van der Waals surface area contributed by atoms with E-state index in [0.717, 1.165) is 29.5 Å². The molecule has 5 heteroatoms. The predicted octanol–water partition coefficient (Wildman–Crippen LogP) is 6.55. The molecule has 0 spiro atoms. The van der Waals surface area contributed by atoms with Crippen LogP contribution in [0.1, 0.15) is 62.6 Å². The molecule has 146 valence electrons. The monoisotopic (exact) mass is 408 g/mol. The summed E-state index contributed by atoms with van der Waals surface area (Å²) in [5.74, 6) is 1.07. The van der Waals surface area contributed by atoms with E-state index in [1.807, 2.05) is 32.9 Å². The van der Waals surface area contributed by atoms with E-state index in [1.54, 1.807) is 18.2 Å². The molecule has 0 saturated heterocycles. The summed E-state index contributed by atoms with van der Waals surface area (Å²) in [4.78, 5) is 11.8. The lowest BCUT2D eigenvalue weighted by molar-refractivity contribution is -0.121. The van der Waals surface area contributed by atoms with Crippen molar-refractivity contribution in [2.45, 2.75) is 52.4 Å². The van der Waals surface area contributed by atoms with Gasteiger partial charge in [0, 0.05) is 22.9 Å². The van der Waals surface area contributed by atoms with Crippen molar-refractivity contribution in [2.24, 2.45) is 0 Å². The molecular weight excluding hydrogens is 383 g/mol. The van der Waals surface area contributed by atoms with Gasteiger partial charge in [-0.3, -0.25) is 4.79 Å².